The zero-order chi connectivity index (χ0) is 9.42. The third kappa shape index (κ3) is 1.68. The van der Waals surface area contributed by atoms with Crippen LogP contribution in [0.2, 0.25) is 0 Å². The summed E-state index contributed by atoms with van der Waals surface area (Å²) in [5.74, 6) is 0.276. The van der Waals surface area contributed by atoms with Gasteiger partial charge >= 0.3 is 0 Å². The van der Waals surface area contributed by atoms with Crippen LogP contribution in [0.3, 0.4) is 0 Å². The van der Waals surface area contributed by atoms with Crippen LogP contribution in [-0.2, 0) is 4.79 Å². The van der Waals surface area contributed by atoms with Gasteiger partial charge in [-0.05, 0) is 37.9 Å². The van der Waals surface area contributed by atoms with Crippen molar-refractivity contribution in [1.82, 2.24) is 4.98 Å². The molecule has 0 aliphatic carbocycles. The van der Waals surface area contributed by atoms with Crippen LogP contribution in [0.5, 0.6) is 5.88 Å². The molecule has 4 nitrogen and oxygen atoms in total. The first-order chi connectivity index (χ1) is 6.16. The number of rotatable bonds is 0. The first-order valence-corrected chi connectivity index (χ1v) is 5.04. The van der Waals surface area contributed by atoms with Crippen LogP contribution in [0, 0.1) is 0 Å². The molecule has 2 rings (SSSR count). The zero-order valence-corrected chi connectivity index (χ0v) is 9.48. The predicted molar refractivity (Wildman–Crippen MR) is 53.8 cm³/mol. The lowest BCUT2D eigenvalue weighted by molar-refractivity contribution is -0.118. The monoisotopic (exact) mass is 306 g/mol. The first kappa shape index (κ1) is 8.96. The van der Waals surface area contributed by atoms with E-state index in [1.54, 1.807) is 6.07 Å². The number of pyridine rings is 1. The van der Waals surface area contributed by atoms with Crippen LogP contribution in [0.1, 0.15) is 0 Å². The number of anilines is 1. The highest BCUT2D eigenvalue weighted by Crippen LogP contribution is 2.32. The highest BCUT2D eigenvalue weighted by Gasteiger charge is 2.18. The van der Waals surface area contributed by atoms with Gasteiger partial charge in [0, 0.05) is 0 Å². The summed E-state index contributed by atoms with van der Waals surface area (Å²) in [5.41, 5.74) is 0.589. The fraction of sp³-hybridized carbons (Fsp3) is 0.143. The SMILES string of the molecule is O=C1COc2nc(Br)c(Br)cc2N1. The molecule has 0 spiro atoms. The Kier molecular flexibility index (Phi) is 2.25. The summed E-state index contributed by atoms with van der Waals surface area (Å²) in [7, 11) is 0. The molecule has 0 radical (unpaired) electrons. The number of hydrogen-bond acceptors (Lipinski definition) is 3. The van der Waals surface area contributed by atoms with Crippen LogP contribution in [-0.4, -0.2) is 17.5 Å². The molecular weight excluding hydrogens is 304 g/mol. The van der Waals surface area contributed by atoms with E-state index in [1.165, 1.54) is 0 Å². The van der Waals surface area contributed by atoms with Gasteiger partial charge in [0.05, 0.1) is 4.47 Å². The van der Waals surface area contributed by atoms with E-state index in [9.17, 15) is 4.79 Å². The van der Waals surface area contributed by atoms with E-state index >= 15 is 0 Å². The van der Waals surface area contributed by atoms with Crippen molar-refractivity contribution < 1.29 is 9.53 Å². The van der Waals surface area contributed by atoms with Gasteiger partial charge in [-0.1, -0.05) is 0 Å². The summed E-state index contributed by atoms with van der Waals surface area (Å²) in [6.07, 6.45) is 0. The van der Waals surface area contributed by atoms with Gasteiger partial charge in [-0.3, -0.25) is 4.79 Å². The summed E-state index contributed by atoms with van der Waals surface area (Å²) in [6.45, 7) is 0.0219. The zero-order valence-electron chi connectivity index (χ0n) is 6.30. The van der Waals surface area contributed by atoms with Gasteiger partial charge in [-0.25, -0.2) is 4.98 Å². The molecule has 0 saturated carbocycles. The van der Waals surface area contributed by atoms with Crippen molar-refractivity contribution in [3.05, 3.63) is 15.1 Å². The Morgan fingerprint density at radius 1 is 1.54 bits per heavy atom. The molecule has 68 valence electrons. The largest absolute Gasteiger partial charge is 0.466 e. The number of nitrogens with one attached hydrogen (secondary N) is 1. The van der Waals surface area contributed by atoms with E-state index in [4.69, 9.17) is 4.74 Å². The van der Waals surface area contributed by atoms with E-state index in [0.29, 0.717) is 16.2 Å². The minimum atomic E-state index is -0.163. The van der Waals surface area contributed by atoms with Crippen molar-refractivity contribution in [1.29, 1.82) is 0 Å². The Morgan fingerprint density at radius 3 is 3.08 bits per heavy atom. The van der Waals surface area contributed by atoms with Gasteiger partial charge in [0.1, 0.15) is 10.3 Å². The molecule has 2 heterocycles. The van der Waals surface area contributed by atoms with E-state index in [2.05, 4.69) is 42.2 Å². The van der Waals surface area contributed by atoms with E-state index in [1.807, 2.05) is 0 Å². The number of nitrogens with zero attached hydrogens (tertiary/aromatic N) is 1. The number of aromatic nitrogens is 1. The number of halogens is 2. The number of amides is 1. The third-order valence-electron chi connectivity index (χ3n) is 1.51. The second-order valence-electron chi connectivity index (χ2n) is 2.45. The maximum Gasteiger partial charge on any atom is 0.262 e. The molecule has 1 aliphatic rings. The van der Waals surface area contributed by atoms with Gasteiger partial charge in [0.25, 0.3) is 5.91 Å². The molecule has 1 amide bonds. The van der Waals surface area contributed by atoms with Gasteiger partial charge in [0.2, 0.25) is 5.88 Å². The van der Waals surface area contributed by atoms with E-state index in [0.717, 1.165) is 4.47 Å². The van der Waals surface area contributed by atoms with Crippen molar-refractivity contribution in [2.75, 3.05) is 11.9 Å². The lowest BCUT2D eigenvalue weighted by atomic mass is 10.3. The minimum absolute atomic E-state index is 0.0219. The normalized spacial score (nSPS) is 14.5. The third-order valence-corrected chi connectivity index (χ3v) is 3.25. The summed E-state index contributed by atoms with van der Waals surface area (Å²) < 4.78 is 6.53. The van der Waals surface area contributed by atoms with E-state index < -0.39 is 0 Å². The van der Waals surface area contributed by atoms with Crippen LogP contribution in [0.4, 0.5) is 5.69 Å². The quantitative estimate of drug-likeness (QED) is 0.745. The van der Waals surface area contributed by atoms with Crippen molar-refractivity contribution in [3.63, 3.8) is 0 Å². The Balaban J connectivity index is 2.49. The van der Waals surface area contributed by atoms with Crippen LogP contribution in [0.15, 0.2) is 15.1 Å². The molecule has 1 N–H and O–H groups in total. The lowest BCUT2D eigenvalue weighted by Crippen LogP contribution is -2.26. The molecule has 1 aliphatic heterocycles. The molecule has 1 aromatic rings. The van der Waals surface area contributed by atoms with Crippen LogP contribution < -0.4 is 10.1 Å². The van der Waals surface area contributed by atoms with Gasteiger partial charge in [-0.2, -0.15) is 0 Å². The maximum atomic E-state index is 10.9. The van der Waals surface area contributed by atoms with Gasteiger partial charge in [-0.15, -0.1) is 0 Å². The minimum Gasteiger partial charge on any atom is -0.466 e. The standard InChI is InChI=1S/C7H4Br2N2O2/c8-3-1-4-7(11-6(3)9)13-2-5(12)10-4/h1H,2H2,(H,10,12). The number of carbonyl (C=O) groups excluding carboxylic acids is 1. The Morgan fingerprint density at radius 2 is 2.31 bits per heavy atom. The van der Waals surface area contributed by atoms with E-state index in [-0.39, 0.29) is 12.5 Å². The smallest absolute Gasteiger partial charge is 0.262 e. The summed E-state index contributed by atoms with van der Waals surface area (Å²) in [5, 5.41) is 2.65. The molecule has 0 fully saturated rings. The van der Waals surface area contributed by atoms with Crippen molar-refractivity contribution >= 4 is 43.5 Å². The lowest BCUT2D eigenvalue weighted by Gasteiger charge is -2.16. The first-order valence-electron chi connectivity index (χ1n) is 3.45. The molecule has 0 unspecified atom stereocenters. The molecule has 0 aromatic carbocycles. The Hall–Kier alpha value is -0.620. The highest BCUT2D eigenvalue weighted by atomic mass is 79.9. The number of ether oxygens (including phenoxy) is 1. The molecular formula is C7H4Br2N2O2. The molecule has 0 atom stereocenters. The molecule has 0 saturated heterocycles. The molecule has 1 aromatic heterocycles. The van der Waals surface area contributed by atoms with Crippen LogP contribution in [0.25, 0.3) is 0 Å². The fourth-order valence-electron chi connectivity index (χ4n) is 0.971. The molecule has 0 bridgehead atoms. The number of fused-ring (bicyclic) bond motifs is 1. The van der Waals surface area contributed by atoms with Crippen molar-refractivity contribution in [2.24, 2.45) is 0 Å². The Labute approximate surface area is 90.9 Å². The molecule has 13 heavy (non-hydrogen) atoms. The summed E-state index contributed by atoms with van der Waals surface area (Å²) in [6, 6.07) is 1.74. The van der Waals surface area contributed by atoms with Crippen LogP contribution >= 0.6 is 31.9 Å². The number of hydrogen-bond donors (Lipinski definition) is 1. The molecule has 6 heteroatoms. The average Bonchev–Trinajstić information content (AvgIpc) is 2.08. The average molecular weight is 308 g/mol. The topological polar surface area (TPSA) is 51.2 Å². The summed E-state index contributed by atoms with van der Waals surface area (Å²) >= 11 is 6.52. The van der Waals surface area contributed by atoms with Gasteiger partial charge < -0.3 is 10.1 Å². The fourth-order valence-corrected chi connectivity index (χ4v) is 1.56. The highest BCUT2D eigenvalue weighted by molar-refractivity contribution is 9.13. The maximum absolute atomic E-state index is 10.9. The Bertz CT molecular complexity index is 381. The van der Waals surface area contributed by atoms with Gasteiger partial charge in [0.15, 0.2) is 6.61 Å². The second kappa shape index (κ2) is 3.26. The summed E-state index contributed by atoms with van der Waals surface area (Å²) in [4.78, 5) is 15.0. The van der Waals surface area contributed by atoms with Crippen molar-refractivity contribution in [2.45, 2.75) is 0 Å². The van der Waals surface area contributed by atoms with Crippen molar-refractivity contribution in [3.8, 4) is 5.88 Å². The number of carbonyl (C=O) groups is 1. The second-order valence-corrected chi connectivity index (χ2v) is 4.06. The predicted octanol–water partition coefficient (Wildman–Crippen LogP) is 1.94.